The van der Waals surface area contributed by atoms with Crippen molar-refractivity contribution < 1.29 is 0 Å². The number of aromatic nitrogens is 4. The van der Waals surface area contributed by atoms with E-state index in [2.05, 4.69) is 70.0 Å². The first-order valence-corrected chi connectivity index (χ1v) is 10.5. The summed E-state index contributed by atoms with van der Waals surface area (Å²) in [4.78, 5) is 17.4. The van der Waals surface area contributed by atoms with Crippen LogP contribution < -0.4 is 0 Å². The highest BCUT2D eigenvalue weighted by Gasteiger charge is 2.07. The Bertz CT molecular complexity index is 1550. The van der Waals surface area contributed by atoms with Crippen LogP contribution in [0.4, 0.5) is 0 Å². The van der Waals surface area contributed by atoms with Gasteiger partial charge in [-0.05, 0) is 84.5 Å². The number of fused-ring (bicyclic) bond motifs is 8. The molecule has 31 heavy (non-hydrogen) atoms. The fourth-order valence-electron chi connectivity index (χ4n) is 3.93. The lowest BCUT2D eigenvalue weighted by atomic mass is 10.1. The van der Waals surface area contributed by atoms with Gasteiger partial charge in [0.15, 0.2) is 0 Å². The SMILES string of the molecule is Sc1cccc(-c2cc3cc4ccc(cc5nc(cc6nc(cc2[nH]3)C=C6)C=C5)[nH]4)c1. The highest BCUT2D eigenvalue weighted by Crippen LogP contribution is 2.29. The van der Waals surface area contributed by atoms with Gasteiger partial charge in [0.1, 0.15) is 0 Å². The molecule has 148 valence electrons. The van der Waals surface area contributed by atoms with Crippen molar-refractivity contribution in [1.82, 2.24) is 19.9 Å². The average molecular weight is 419 g/mol. The van der Waals surface area contributed by atoms with Crippen LogP contribution in [0.5, 0.6) is 0 Å². The summed E-state index contributed by atoms with van der Waals surface area (Å²) in [6.45, 7) is 0. The second-order valence-electron chi connectivity index (χ2n) is 7.64. The number of aromatic amines is 2. The predicted octanol–water partition coefficient (Wildman–Crippen LogP) is 6.61. The zero-order valence-electron chi connectivity index (χ0n) is 16.5. The molecule has 8 bridgehead atoms. The molecule has 0 spiro atoms. The average Bonchev–Trinajstić information content (AvgIpc) is 3.53. The third-order valence-electron chi connectivity index (χ3n) is 5.33. The van der Waals surface area contributed by atoms with E-state index < -0.39 is 0 Å². The molecule has 4 nitrogen and oxygen atoms in total. The Morgan fingerprint density at radius 1 is 0.581 bits per heavy atom. The fraction of sp³-hybridized carbons (Fsp3) is 0. The van der Waals surface area contributed by atoms with E-state index in [1.807, 2.05) is 48.6 Å². The lowest BCUT2D eigenvalue weighted by Gasteiger charge is -2.00. The Hall–Kier alpha value is -3.83. The number of hydrogen-bond acceptors (Lipinski definition) is 3. The highest BCUT2D eigenvalue weighted by atomic mass is 32.1. The monoisotopic (exact) mass is 418 g/mol. The molecule has 0 atom stereocenters. The molecule has 0 fully saturated rings. The van der Waals surface area contributed by atoms with Gasteiger partial charge in [-0.1, -0.05) is 12.1 Å². The number of H-pyrrole nitrogens is 2. The van der Waals surface area contributed by atoms with E-state index in [1.165, 1.54) is 0 Å². The Kier molecular flexibility index (Phi) is 4.14. The molecule has 2 N–H and O–H groups in total. The van der Waals surface area contributed by atoms with Crippen molar-refractivity contribution in [3.63, 3.8) is 0 Å². The van der Waals surface area contributed by atoms with E-state index in [9.17, 15) is 0 Å². The first-order chi connectivity index (χ1) is 15.2. The normalized spacial score (nSPS) is 12.4. The first-order valence-electron chi connectivity index (χ1n) is 10.1. The molecule has 5 heterocycles. The van der Waals surface area contributed by atoms with Crippen LogP contribution in [-0.4, -0.2) is 19.9 Å². The first kappa shape index (κ1) is 18.0. The number of nitrogens with zero attached hydrogens (tertiary/aromatic N) is 2. The molecular formula is C26H18N4S. The summed E-state index contributed by atoms with van der Waals surface area (Å²) in [5, 5.41) is 0. The van der Waals surface area contributed by atoms with Crippen molar-refractivity contribution in [2.24, 2.45) is 0 Å². The van der Waals surface area contributed by atoms with Crippen LogP contribution in [0.15, 0.2) is 71.6 Å². The van der Waals surface area contributed by atoms with Crippen LogP contribution in [0.1, 0.15) is 22.8 Å². The van der Waals surface area contributed by atoms with Crippen molar-refractivity contribution >= 4 is 59.0 Å². The molecule has 2 aliphatic heterocycles. The minimum Gasteiger partial charge on any atom is -0.355 e. The topological polar surface area (TPSA) is 57.4 Å². The van der Waals surface area contributed by atoms with Crippen molar-refractivity contribution in [2.75, 3.05) is 0 Å². The number of nitrogens with one attached hydrogen (secondary N) is 2. The van der Waals surface area contributed by atoms with Crippen LogP contribution in [0, 0.1) is 0 Å². The van der Waals surface area contributed by atoms with Gasteiger partial charge in [-0.3, -0.25) is 0 Å². The summed E-state index contributed by atoms with van der Waals surface area (Å²) in [5.41, 5.74) is 9.88. The predicted molar refractivity (Wildman–Crippen MR) is 132 cm³/mol. The van der Waals surface area contributed by atoms with E-state index in [-0.39, 0.29) is 0 Å². The minimum absolute atomic E-state index is 0.891. The van der Waals surface area contributed by atoms with Crippen LogP contribution >= 0.6 is 12.6 Å². The smallest absolute Gasteiger partial charge is 0.0659 e. The van der Waals surface area contributed by atoms with E-state index in [0.29, 0.717) is 0 Å². The zero-order valence-corrected chi connectivity index (χ0v) is 17.4. The summed E-state index contributed by atoms with van der Waals surface area (Å²) in [5.74, 6) is 0. The van der Waals surface area contributed by atoms with Crippen molar-refractivity contribution in [3.05, 3.63) is 89.5 Å². The second-order valence-corrected chi connectivity index (χ2v) is 8.15. The molecule has 0 saturated heterocycles. The van der Waals surface area contributed by atoms with Gasteiger partial charge in [0, 0.05) is 32.5 Å². The molecule has 6 rings (SSSR count). The molecule has 0 saturated carbocycles. The van der Waals surface area contributed by atoms with Gasteiger partial charge in [-0.2, -0.15) is 0 Å². The molecule has 3 aromatic heterocycles. The summed E-state index contributed by atoms with van der Waals surface area (Å²) in [6.07, 6.45) is 8.07. The summed E-state index contributed by atoms with van der Waals surface area (Å²) >= 11 is 4.52. The van der Waals surface area contributed by atoms with Crippen molar-refractivity contribution in [3.8, 4) is 11.1 Å². The number of hydrogen-bond donors (Lipinski definition) is 3. The number of benzene rings is 1. The van der Waals surface area contributed by atoms with Crippen LogP contribution in [0.3, 0.4) is 0 Å². The maximum Gasteiger partial charge on any atom is 0.0659 e. The second kappa shape index (κ2) is 7.15. The lowest BCUT2D eigenvalue weighted by Crippen LogP contribution is -1.78. The zero-order chi connectivity index (χ0) is 20.8. The minimum atomic E-state index is 0.891. The summed E-state index contributed by atoms with van der Waals surface area (Å²) in [6, 6.07) is 22.7. The van der Waals surface area contributed by atoms with Crippen molar-refractivity contribution in [1.29, 1.82) is 0 Å². The van der Waals surface area contributed by atoms with Crippen LogP contribution in [0.2, 0.25) is 0 Å². The molecule has 0 radical (unpaired) electrons. The molecule has 4 aromatic rings. The molecule has 0 amide bonds. The van der Waals surface area contributed by atoms with Crippen LogP contribution in [-0.2, 0) is 0 Å². The number of thiol groups is 1. The number of rotatable bonds is 1. The van der Waals surface area contributed by atoms with Gasteiger partial charge in [0.2, 0.25) is 0 Å². The third kappa shape index (κ3) is 3.60. The molecule has 0 aliphatic carbocycles. The molecular weight excluding hydrogens is 400 g/mol. The Morgan fingerprint density at radius 3 is 2.00 bits per heavy atom. The van der Waals surface area contributed by atoms with E-state index in [0.717, 1.165) is 60.9 Å². The molecule has 1 aromatic carbocycles. The fourth-order valence-corrected chi connectivity index (χ4v) is 4.16. The van der Waals surface area contributed by atoms with Gasteiger partial charge >= 0.3 is 0 Å². The maximum atomic E-state index is 4.76. The lowest BCUT2D eigenvalue weighted by molar-refractivity contribution is 1.28. The van der Waals surface area contributed by atoms with Crippen LogP contribution in [0.25, 0.3) is 57.5 Å². The maximum absolute atomic E-state index is 4.76. The van der Waals surface area contributed by atoms with E-state index in [1.54, 1.807) is 0 Å². The Labute approximate surface area is 184 Å². The van der Waals surface area contributed by atoms with Gasteiger partial charge < -0.3 is 9.97 Å². The highest BCUT2D eigenvalue weighted by molar-refractivity contribution is 7.80. The van der Waals surface area contributed by atoms with Gasteiger partial charge in [0.25, 0.3) is 0 Å². The van der Waals surface area contributed by atoms with Gasteiger partial charge in [0.05, 0.1) is 22.8 Å². The summed E-state index contributed by atoms with van der Waals surface area (Å²) in [7, 11) is 0. The van der Waals surface area contributed by atoms with E-state index in [4.69, 9.17) is 4.98 Å². The van der Waals surface area contributed by atoms with Gasteiger partial charge in [-0.25, -0.2) is 9.97 Å². The molecule has 0 unspecified atom stereocenters. The largest absolute Gasteiger partial charge is 0.355 e. The standard InChI is InChI=1S/C26H18N4S/c31-24-3-1-2-16(10-24)25-14-23-13-21-7-6-19(28-21)11-17-4-5-18(27-17)12-20-8-9-22(29-20)15-26(25)30-23/h1-15,28,30-31H. The molecule has 5 heteroatoms. The Balaban J connectivity index is 1.68. The quantitative estimate of drug-likeness (QED) is 0.263. The third-order valence-corrected chi connectivity index (χ3v) is 5.60. The molecule has 2 aliphatic rings. The van der Waals surface area contributed by atoms with Gasteiger partial charge in [-0.15, -0.1) is 12.6 Å². The van der Waals surface area contributed by atoms with E-state index >= 15 is 0 Å². The Morgan fingerprint density at radius 2 is 1.26 bits per heavy atom. The van der Waals surface area contributed by atoms with Crippen molar-refractivity contribution in [2.45, 2.75) is 4.90 Å². The summed E-state index contributed by atoms with van der Waals surface area (Å²) < 4.78 is 0.